The summed E-state index contributed by atoms with van der Waals surface area (Å²) < 4.78 is 27.2. The molecule has 0 unspecified atom stereocenters. The molecule has 1 heterocycles. The minimum absolute atomic E-state index is 0. The van der Waals surface area contributed by atoms with E-state index < -0.39 is 16.0 Å². The first-order valence-corrected chi connectivity index (χ1v) is 9.97. The molecule has 8 heteroatoms. The van der Waals surface area contributed by atoms with E-state index in [1.54, 1.807) is 10.4 Å². The Labute approximate surface area is 155 Å². The number of sulfonamides is 1. The minimum atomic E-state index is -3.43. The van der Waals surface area contributed by atoms with Crippen molar-refractivity contribution in [3.05, 3.63) is 29.3 Å². The van der Waals surface area contributed by atoms with Gasteiger partial charge in [-0.05, 0) is 55.5 Å². The summed E-state index contributed by atoms with van der Waals surface area (Å²) in [7, 11) is -3.43. The molecule has 3 rings (SSSR count). The monoisotopic (exact) mass is 388 g/mol. The number of carboxylic acid groups (broad SMARTS) is 1. The third-order valence-electron chi connectivity index (χ3n) is 4.90. The van der Waals surface area contributed by atoms with E-state index in [4.69, 9.17) is 5.11 Å². The van der Waals surface area contributed by atoms with E-state index >= 15 is 0 Å². The summed E-state index contributed by atoms with van der Waals surface area (Å²) in [4.78, 5) is 13.1. The lowest BCUT2D eigenvalue weighted by Crippen LogP contribution is -2.48. The molecule has 0 bridgehead atoms. The van der Waals surface area contributed by atoms with Crippen LogP contribution in [-0.2, 0) is 27.7 Å². The van der Waals surface area contributed by atoms with Crippen LogP contribution < -0.4 is 0 Å². The summed E-state index contributed by atoms with van der Waals surface area (Å²) in [6.45, 7) is 2.95. The van der Waals surface area contributed by atoms with Crippen molar-refractivity contribution < 1.29 is 18.3 Å². The van der Waals surface area contributed by atoms with E-state index in [0.717, 1.165) is 19.3 Å². The van der Waals surface area contributed by atoms with Crippen LogP contribution in [0.1, 0.15) is 30.4 Å². The molecule has 1 N–H and O–H groups in total. The third-order valence-corrected chi connectivity index (χ3v) is 6.80. The molecule has 25 heavy (non-hydrogen) atoms. The van der Waals surface area contributed by atoms with E-state index in [1.165, 1.54) is 11.1 Å². The van der Waals surface area contributed by atoms with Crippen LogP contribution in [0.25, 0.3) is 0 Å². The van der Waals surface area contributed by atoms with Gasteiger partial charge in [0, 0.05) is 32.6 Å². The van der Waals surface area contributed by atoms with Crippen molar-refractivity contribution in [1.29, 1.82) is 0 Å². The lowest BCUT2D eigenvalue weighted by atomic mass is 10.1. The van der Waals surface area contributed by atoms with Crippen LogP contribution in [0.4, 0.5) is 0 Å². The first-order valence-electron chi connectivity index (χ1n) is 8.53. The van der Waals surface area contributed by atoms with Gasteiger partial charge in [-0.25, -0.2) is 8.42 Å². The van der Waals surface area contributed by atoms with Crippen LogP contribution in [0.2, 0.25) is 0 Å². The lowest BCUT2D eigenvalue weighted by Gasteiger charge is -2.34. The Bertz CT molecular complexity index is 715. The van der Waals surface area contributed by atoms with Crippen molar-refractivity contribution in [2.24, 2.45) is 0 Å². The second kappa shape index (κ2) is 8.49. The average Bonchev–Trinajstić information content (AvgIpc) is 3.02. The zero-order chi connectivity index (χ0) is 17.2. The van der Waals surface area contributed by atoms with Crippen LogP contribution >= 0.6 is 12.4 Å². The number of aliphatic carboxylic acids is 1. The SMILES string of the molecule is Cl.O=C(O)CCCN1CCN(S(=O)(=O)c2ccc3c(c2)CCC3)CC1. The number of halogens is 1. The highest BCUT2D eigenvalue weighted by Crippen LogP contribution is 2.26. The molecule has 0 amide bonds. The Morgan fingerprint density at radius 2 is 1.76 bits per heavy atom. The molecule has 1 fully saturated rings. The molecule has 0 aromatic heterocycles. The van der Waals surface area contributed by atoms with Gasteiger partial charge in [0.1, 0.15) is 0 Å². The summed E-state index contributed by atoms with van der Waals surface area (Å²) in [5.74, 6) is -0.784. The number of aryl methyl sites for hydroxylation is 2. The van der Waals surface area contributed by atoms with E-state index in [1.807, 2.05) is 12.1 Å². The van der Waals surface area contributed by atoms with Gasteiger partial charge in [0.05, 0.1) is 4.90 Å². The first-order chi connectivity index (χ1) is 11.5. The topological polar surface area (TPSA) is 77.9 Å². The molecule has 0 radical (unpaired) electrons. The summed E-state index contributed by atoms with van der Waals surface area (Å²) in [6, 6.07) is 5.53. The Morgan fingerprint density at radius 3 is 2.44 bits per heavy atom. The molecule has 1 aliphatic heterocycles. The molecule has 140 valence electrons. The second-order valence-corrected chi connectivity index (χ2v) is 8.47. The van der Waals surface area contributed by atoms with Gasteiger partial charge in [0.2, 0.25) is 10.0 Å². The van der Waals surface area contributed by atoms with Gasteiger partial charge in [-0.2, -0.15) is 4.31 Å². The normalized spacial score (nSPS) is 18.6. The van der Waals surface area contributed by atoms with Gasteiger partial charge >= 0.3 is 5.97 Å². The maximum Gasteiger partial charge on any atom is 0.303 e. The minimum Gasteiger partial charge on any atom is -0.481 e. The van der Waals surface area contributed by atoms with Crippen LogP contribution in [0, 0.1) is 0 Å². The third kappa shape index (κ3) is 4.73. The van der Waals surface area contributed by atoms with Crippen molar-refractivity contribution in [2.75, 3.05) is 32.7 Å². The van der Waals surface area contributed by atoms with Crippen LogP contribution in [0.15, 0.2) is 23.1 Å². The number of benzene rings is 1. The quantitative estimate of drug-likeness (QED) is 0.803. The highest BCUT2D eigenvalue weighted by Gasteiger charge is 2.29. The van der Waals surface area contributed by atoms with E-state index in [9.17, 15) is 13.2 Å². The summed E-state index contributed by atoms with van der Waals surface area (Å²) in [5.41, 5.74) is 2.44. The van der Waals surface area contributed by atoms with Crippen molar-refractivity contribution >= 4 is 28.4 Å². The molecule has 0 saturated carbocycles. The van der Waals surface area contributed by atoms with Crippen molar-refractivity contribution in [3.63, 3.8) is 0 Å². The second-order valence-electron chi connectivity index (χ2n) is 6.53. The Hall–Kier alpha value is -1.15. The van der Waals surface area contributed by atoms with Gasteiger partial charge in [-0.15, -0.1) is 12.4 Å². The first kappa shape index (κ1) is 20.2. The average molecular weight is 389 g/mol. The number of nitrogens with zero attached hydrogens (tertiary/aromatic N) is 2. The summed E-state index contributed by atoms with van der Waals surface area (Å²) in [6.07, 6.45) is 3.88. The molecule has 1 aromatic carbocycles. The molecular weight excluding hydrogens is 364 g/mol. The van der Waals surface area contributed by atoms with Crippen molar-refractivity contribution in [2.45, 2.75) is 37.0 Å². The summed E-state index contributed by atoms with van der Waals surface area (Å²) in [5, 5.41) is 8.68. The van der Waals surface area contributed by atoms with Gasteiger partial charge in [0.15, 0.2) is 0 Å². The van der Waals surface area contributed by atoms with Gasteiger partial charge in [0.25, 0.3) is 0 Å². The standard InChI is InChI=1S/C17H24N2O4S.ClH/c20-17(21)5-2-8-18-9-11-19(12-10-18)24(22,23)16-7-6-14-3-1-4-15(14)13-16;/h6-7,13H,1-5,8-12H2,(H,20,21);1H. The van der Waals surface area contributed by atoms with Gasteiger partial charge < -0.3 is 10.0 Å². The number of rotatable bonds is 6. The fraction of sp³-hybridized carbons (Fsp3) is 0.588. The Balaban J connectivity index is 0.00000225. The highest BCUT2D eigenvalue weighted by atomic mass is 35.5. The fourth-order valence-corrected chi connectivity index (χ4v) is 4.98. The number of carbonyl (C=O) groups is 1. The zero-order valence-corrected chi connectivity index (χ0v) is 15.8. The Morgan fingerprint density at radius 1 is 1.08 bits per heavy atom. The maximum absolute atomic E-state index is 12.8. The number of carboxylic acids is 1. The number of piperazine rings is 1. The predicted octanol–water partition coefficient (Wildman–Crippen LogP) is 1.77. The van der Waals surface area contributed by atoms with Crippen molar-refractivity contribution in [1.82, 2.24) is 9.21 Å². The molecule has 2 aliphatic rings. The smallest absolute Gasteiger partial charge is 0.303 e. The predicted molar refractivity (Wildman–Crippen MR) is 97.8 cm³/mol. The molecular formula is C17H25ClN2O4S. The zero-order valence-electron chi connectivity index (χ0n) is 14.2. The molecule has 1 saturated heterocycles. The number of hydrogen-bond acceptors (Lipinski definition) is 4. The molecule has 0 atom stereocenters. The fourth-order valence-electron chi connectivity index (χ4n) is 3.51. The molecule has 1 aliphatic carbocycles. The van der Waals surface area contributed by atoms with Crippen LogP contribution in [-0.4, -0.2) is 61.4 Å². The van der Waals surface area contributed by atoms with Crippen LogP contribution in [0.5, 0.6) is 0 Å². The number of hydrogen-bond donors (Lipinski definition) is 1. The van der Waals surface area contributed by atoms with E-state index in [2.05, 4.69) is 4.90 Å². The lowest BCUT2D eigenvalue weighted by molar-refractivity contribution is -0.137. The molecule has 6 nitrogen and oxygen atoms in total. The van der Waals surface area contributed by atoms with Crippen molar-refractivity contribution in [3.8, 4) is 0 Å². The highest BCUT2D eigenvalue weighted by molar-refractivity contribution is 7.89. The van der Waals surface area contributed by atoms with E-state index in [0.29, 0.717) is 44.0 Å². The summed E-state index contributed by atoms with van der Waals surface area (Å²) >= 11 is 0. The molecule has 1 aromatic rings. The van der Waals surface area contributed by atoms with E-state index in [-0.39, 0.29) is 18.8 Å². The van der Waals surface area contributed by atoms with Gasteiger partial charge in [-0.3, -0.25) is 4.79 Å². The number of fused-ring (bicyclic) bond motifs is 1. The molecule has 0 spiro atoms. The van der Waals surface area contributed by atoms with Crippen LogP contribution in [0.3, 0.4) is 0 Å². The van der Waals surface area contributed by atoms with Gasteiger partial charge in [-0.1, -0.05) is 6.07 Å². The maximum atomic E-state index is 12.8. The Kier molecular flexibility index (Phi) is 6.85. The largest absolute Gasteiger partial charge is 0.481 e.